The van der Waals surface area contributed by atoms with Gasteiger partial charge < -0.3 is 5.32 Å². The standard InChI is InChI=1S/C16H18F3N5/c1-11-12(3-2-6-20-11)9-24-8-5-13(10-24)22-15-21-7-4-14(23-15)16(17,18)19/h2-4,6-7,13H,5,8-10H2,1H3,(H,21,22,23). The van der Waals surface area contributed by atoms with Crippen LogP contribution in [-0.4, -0.2) is 39.0 Å². The van der Waals surface area contributed by atoms with E-state index in [4.69, 9.17) is 0 Å². The topological polar surface area (TPSA) is 53.9 Å². The number of halogens is 3. The summed E-state index contributed by atoms with van der Waals surface area (Å²) in [5.74, 6) is 0.0224. The molecule has 0 amide bonds. The summed E-state index contributed by atoms with van der Waals surface area (Å²) in [7, 11) is 0. The highest BCUT2D eigenvalue weighted by molar-refractivity contribution is 5.28. The van der Waals surface area contributed by atoms with Crippen molar-refractivity contribution < 1.29 is 13.2 Å². The monoisotopic (exact) mass is 337 g/mol. The normalized spacial score (nSPS) is 18.8. The van der Waals surface area contributed by atoms with Crippen molar-refractivity contribution in [2.45, 2.75) is 32.1 Å². The number of aryl methyl sites for hydroxylation is 1. The van der Waals surface area contributed by atoms with Gasteiger partial charge in [0.2, 0.25) is 5.95 Å². The van der Waals surface area contributed by atoms with Crippen molar-refractivity contribution in [3.05, 3.63) is 47.5 Å². The molecule has 5 nitrogen and oxygen atoms in total. The van der Waals surface area contributed by atoms with Gasteiger partial charge in [0.25, 0.3) is 0 Å². The smallest absolute Gasteiger partial charge is 0.350 e. The minimum absolute atomic E-state index is 0.0224. The molecule has 0 radical (unpaired) electrons. The number of hydrogen-bond acceptors (Lipinski definition) is 5. The highest BCUT2D eigenvalue weighted by Gasteiger charge is 2.33. The Labute approximate surface area is 138 Å². The molecule has 1 fully saturated rings. The molecule has 0 aliphatic carbocycles. The maximum atomic E-state index is 12.7. The number of nitrogens with zero attached hydrogens (tertiary/aromatic N) is 4. The summed E-state index contributed by atoms with van der Waals surface area (Å²) < 4.78 is 38.1. The molecule has 1 saturated heterocycles. The van der Waals surface area contributed by atoms with Crippen LogP contribution in [-0.2, 0) is 12.7 Å². The summed E-state index contributed by atoms with van der Waals surface area (Å²) in [6.45, 7) is 4.35. The summed E-state index contributed by atoms with van der Waals surface area (Å²) in [5, 5.41) is 3.00. The van der Waals surface area contributed by atoms with Crippen LogP contribution >= 0.6 is 0 Å². The molecule has 1 aliphatic rings. The Hall–Kier alpha value is -2.22. The van der Waals surface area contributed by atoms with Gasteiger partial charge in [-0.3, -0.25) is 9.88 Å². The summed E-state index contributed by atoms with van der Waals surface area (Å²) in [6, 6.07) is 4.85. The quantitative estimate of drug-likeness (QED) is 0.930. The predicted molar refractivity (Wildman–Crippen MR) is 83.3 cm³/mol. The molecule has 3 rings (SSSR count). The fraction of sp³-hybridized carbons (Fsp3) is 0.438. The van der Waals surface area contributed by atoms with Crippen molar-refractivity contribution in [3.63, 3.8) is 0 Å². The number of hydrogen-bond donors (Lipinski definition) is 1. The van der Waals surface area contributed by atoms with E-state index in [1.165, 1.54) is 0 Å². The number of pyridine rings is 1. The van der Waals surface area contributed by atoms with Gasteiger partial charge in [-0.05, 0) is 31.0 Å². The maximum Gasteiger partial charge on any atom is 0.433 e. The molecule has 1 N–H and O–H groups in total. The van der Waals surface area contributed by atoms with Crippen molar-refractivity contribution in [2.24, 2.45) is 0 Å². The Kier molecular flexibility index (Phi) is 4.66. The van der Waals surface area contributed by atoms with Crippen LogP contribution in [0.25, 0.3) is 0 Å². The first-order valence-corrected chi connectivity index (χ1v) is 7.71. The second-order valence-electron chi connectivity index (χ2n) is 5.88. The molecule has 2 aromatic heterocycles. The zero-order valence-corrected chi connectivity index (χ0v) is 13.2. The fourth-order valence-electron chi connectivity index (χ4n) is 2.79. The summed E-state index contributed by atoms with van der Waals surface area (Å²) in [6.07, 6.45) is -0.736. The third-order valence-corrected chi connectivity index (χ3v) is 4.06. The zero-order valence-electron chi connectivity index (χ0n) is 13.2. The minimum Gasteiger partial charge on any atom is -0.350 e. The largest absolute Gasteiger partial charge is 0.433 e. The molecule has 1 unspecified atom stereocenters. The van der Waals surface area contributed by atoms with Gasteiger partial charge >= 0.3 is 6.18 Å². The number of anilines is 1. The van der Waals surface area contributed by atoms with E-state index in [1.54, 1.807) is 6.20 Å². The molecule has 24 heavy (non-hydrogen) atoms. The molecule has 1 aliphatic heterocycles. The van der Waals surface area contributed by atoms with Gasteiger partial charge in [0, 0.05) is 43.8 Å². The third-order valence-electron chi connectivity index (χ3n) is 4.06. The van der Waals surface area contributed by atoms with E-state index in [1.807, 2.05) is 19.1 Å². The predicted octanol–water partition coefficient (Wildman–Crippen LogP) is 2.89. The van der Waals surface area contributed by atoms with Gasteiger partial charge in [-0.15, -0.1) is 0 Å². The van der Waals surface area contributed by atoms with Crippen molar-refractivity contribution in [1.29, 1.82) is 0 Å². The van der Waals surface area contributed by atoms with E-state index < -0.39 is 11.9 Å². The van der Waals surface area contributed by atoms with Crippen LogP contribution in [0, 0.1) is 6.92 Å². The lowest BCUT2D eigenvalue weighted by Gasteiger charge is -2.17. The molecular weight excluding hydrogens is 319 g/mol. The Morgan fingerprint density at radius 3 is 2.83 bits per heavy atom. The molecule has 0 saturated carbocycles. The lowest BCUT2D eigenvalue weighted by Crippen LogP contribution is -2.27. The van der Waals surface area contributed by atoms with Crippen LogP contribution in [0.2, 0.25) is 0 Å². The van der Waals surface area contributed by atoms with Gasteiger partial charge in [-0.2, -0.15) is 13.2 Å². The van der Waals surface area contributed by atoms with Crippen molar-refractivity contribution >= 4 is 5.95 Å². The molecule has 0 bridgehead atoms. The van der Waals surface area contributed by atoms with E-state index in [2.05, 4.69) is 25.2 Å². The zero-order chi connectivity index (χ0) is 17.2. The van der Waals surface area contributed by atoms with Crippen LogP contribution in [0.5, 0.6) is 0 Å². The molecule has 0 aromatic carbocycles. The van der Waals surface area contributed by atoms with Gasteiger partial charge in [-0.25, -0.2) is 9.97 Å². The van der Waals surface area contributed by atoms with Gasteiger partial charge in [0.15, 0.2) is 0 Å². The van der Waals surface area contributed by atoms with Crippen LogP contribution in [0.15, 0.2) is 30.6 Å². The molecule has 2 aromatic rings. The number of rotatable bonds is 4. The lowest BCUT2D eigenvalue weighted by atomic mass is 10.2. The average molecular weight is 337 g/mol. The summed E-state index contributed by atoms with van der Waals surface area (Å²) in [5.41, 5.74) is 1.23. The first kappa shape index (κ1) is 16.6. The highest BCUT2D eigenvalue weighted by atomic mass is 19.4. The Morgan fingerprint density at radius 1 is 1.25 bits per heavy atom. The second kappa shape index (κ2) is 6.72. The molecule has 3 heterocycles. The van der Waals surface area contributed by atoms with Crippen LogP contribution < -0.4 is 5.32 Å². The lowest BCUT2D eigenvalue weighted by molar-refractivity contribution is -0.141. The highest BCUT2D eigenvalue weighted by Crippen LogP contribution is 2.28. The van der Waals surface area contributed by atoms with Crippen LogP contribution in [0.3, 0.4) is 0 Å². The Bertz CT molecular complexity index is 704. The molecule has 128 valence electrons. The van der Waals surface area contributed by atoms with E-state index in [0.717, 1.165) is 49.6 Å². The number of alkyl halides is 3. The first-order valence-electron chi connectivity index (χ1n) is 7.71. The molecule has 0 spiro atoms. The van der Waals surface area contributed by atoms with Crippen molar-refractivity contribution in [2.75, 3.05) is 18.4 Å². The molecule has 1 atom stereocenters. The molecular formula is C16H18F3N5. The third kappa shape index (κ3) is 4.00. The second-order valence-corrected chi connectivity index (χ2v) is 5.88. The van der Waals surface area contributed by atoms with E-state index >= 15 is 0 Å². The van der Waals surface area contributed by atoms with Gasteiger partial charge in [0.05, 0.1) is 0 Å². The summed E-state index contributed by atoms with van der Waals surface area (Å²) >= 11 is 0. The Balaban J connectivity index is 1.60. The summed E-state index contributed by atoms with van der Waals surface area (Å²) in [4.78, 5) is 14.0. The number of aromatic nitrogens is 3. The van der Waals surface area contributed by atoms with Gasteiger partial charge in [-0.1, -0.05) is 6.07 Å². The maximum absolute atomic E-state index is 12.7. The van der Waals surface area contributed by atoms with Crippen LogP contribution in [0.4, 0.5) is 19.1 Å². The average Bonchev–Trinajstić information content (AvgIpc) is 2.96. The Morgan fingerprint density at radius 2 is 2.08 bits per heavy atom. The van der Waals surface area contributed by atoms with Crippen molar-refractivity contribution in [3.8, 4) is 0 Å². The van der Waals surface area contributed by atoms with E-state index in [-0.39, 0.29) is 12.0 Å². The number of likely N-dealkylation sites (tertiary alicyclic amines) is 1. The van der Waals surface area contributed by atoms with Crippen molar-refractivity contribution in [1.82, 2.24) is 19.9 Å². The minimum atomic E-state index is -4.46. The van der Waals surface area contributed by atoms with Gasteiger partial charge in [0.1, 0.15) is 5.69 Å². The first-order chi connectivity index (χ1) is 11.4. The van der Waals surface area contributed by atoms with E-state index in [9.17, 15) is 13.2 Å². The SMILES string of the molecule is Cc1ncccc1CN1CCC(Nc2nccc(C(F)(F)F)n2)C1. The van der Waals surface area contributed by atoms with E-state index in [0.29, 0.717) is 0 Å². The number of nitrogens with one attached hydrogen (secondary N) is 1. The molecule has 8 heteroatoms. The van der Waals surface area contributed by atoms with Crippen LogP contribution in [0.1, 0.15) is 23.4 Å². The fourth-order valence-corrected chi connectivity index (χ4v) is 2.79.